The molecule has 1 rings (SSSR count). The van der Waals surface area contributed by atoms with Gasteiger partial charge in [0.1, 0.15) is 6.04 Å². The number of hydrogen-bond acceptors (Lipinski definition) is 4. The number of carbonyl (C=O) groups is 2. The first-order valence-electron chi connectivity index (χ1n) is 6.41. The van der Waals surface area contributed by atoms with E-state index >= 15 is 0 Å². The van der Waals surface area contributed by atoms with Crippen LogP contribution in [0.15, 0.2) is 12.1 Å². The lowest BCUT2D eigenvalue weighted by atomic mass is 10.1. The van der Waals surface area contributed by atoms with Gasteiger partial charge in [0.15, 0.2) is 11.6 Å². The predicted octanol–water partition coefficient (Wildman–Crippen LogP) is 2.08. The number of amides is 1. The summed E-state index contributed by atoms with van der Waals surface area (Å²) in [5.41, 5.74) is -0.702. The largest absolute Gasteiger partial charge is 0.465 e. The van der Waals surface area contributed by atoms with Crippen LogP contribution in [-0.2, 0) is 9.53 Å². The van der Waals surface area contributed by atoms with E-state index in [4.69, 9.17) is 0 Å². The van der Waals surface area contributed by atoms with Crippen LogP contribution in [0.5, 0.6) is 0 Å². The molecule has 1 atom stereocenters. The fraction of sp³-hybridized carbons (Fsp3) is 0.429. The van der Waals surface area contributed by atoms with E-state index in [1.54, 1.807) is 13.8 Å². The van der Waals surface area contributed by atoms with Gasteiger partial charge in [0, 0.05) is 6.04 Å². The van der Waals surface area contributed by atoms with E-state index < -0.39 is 29.2 Å². The fourth-order valence-corrected chi connectivity index (χ4v) is 1.64. The lowest BCUT2D eigenvalue weighted by Gasteiger charge is -2.18. The van der Waals surface area contributed by atoms with Gasteiger partial charge in [0.2, 0.25) is 5.91 Å². The summed E-state index contributed by atoms with van der Waals surface area (Å²) in [6.07, 6.45) is 0. The third-order valence-corrected chi connectivity index (χ3v) is 2.68. The molecule has 0 saturated carbocycles. The summed E-state index contributed by atoms with van der Waals surface area (Å²) in [6, 6.07) is 1.46. The molecule has 1 unspecified atom stereocenters. The molecule has 0 aliphatic heterocycles. The number of rotatable bonds is 5. The minimum Gasteiger partial charge on any atom is -0.465 e. The second-order valence-electron chi connectivity index (χ2n) is 4.81. The molecule has 0 saturated heterocycles. The molecule has 21 heavy (non-hydrogen) atoms. The number of nitrogens with one attached hydrogen (secondary N) is 2. The van der Waals surface area contributed by atoms with Crippen LogP contribution in [0, 0.1) is 11.6 Å². The van der Waals surface area contributed by atoms with Gasteiger partial charge >= 0.3 is 5.97 Å². The first-order chi connectivity index (χ1) is 9.77. The maximum absolute atomic E-state index is 13.9. The van der Waals surface area contributed by atoms with Crippen LogP contribution < -0.4 is 10.6 Å². The summed E-state index contributed by atoms with van der Waals surface area (Å²) in [6.45, 7) is 5.09. The van der Waals surface area contributed by atoms with Crippen molar-refractivity contribution in [2.75, 3.05) is 12.4 Å². The smallest absolute Gasteiger partial charge is 0.340 e. The van der Waals surface area contributed by atoms with Crippen molar-refractivity contribution >= 4 is 17.6 Å². The number of anilines is 1. The van der Waals surface area contributed by atoms with Gasteiger partial charge in [-0.15, -0.1) is 0 Å². The molecule has 0 heterocycles. The molecule has 5 nitrogen and oxygen atoms in total. The second-order valence-corrected chi connectivity index (χ2v) is 4.81. The quantitative estimate of drug-likeness (QED) is 0.817. The SMILES string of the molecule is COC(=O)c1ccc(NC(C)C(=O)NC(C)C)c(F)c1F. The monoisotopic (exact) mass is 300 g/mol. The molecule has 0 aliphatic carbocycles. The highest BCUT2D eigenvalue weighted by Gasteiger charge is 2.21. The Kier molecular flexibility index (Phi) is 5.63. The molecule has 0 aromatic heterocycles. The van der Waals surface area contributed by atoms with Gasteiger partial charge in [-0.3, -0.25) is 4.79 Å². The Morgan fingerprint density at radius 3 is 2.29 bits per heavy atom. The van der Waals surface area contributed by atoms with Crippen LogP contribution >= 0.6 is 0 Å². The van der Waals surface area contributed by atoms with Crippen molar-refractivity contribution in [1.82, 2.24) is 5.32 Å². The third-order valence-electron chi connectivity index (χ3n) is 2.68. The van der Waals surface area contributed by atoms with E-state index in [0.717, 1.165) is 13.2 Å². The number of carbonyl (C=O) groups excluding carboxylic acids is 2. The zero-order valence-electron chi connectivity index (χ0n) is 12.3. The van der Waals surface area contributed by atoms with Crippen molar-refractivity contribution < 1.29 is 23.1 Å². The van der Waals surface area contributed by atoms with Crippen molar-refractivity contribution in [2.45, 2.75) is 32.9 Å². The molecule has 1 aromatic carbocycles. The normalized spacial score (nSPS) is 12.0. The number of benzene rings is 1. The van der Waals surface area contributed by atoms with E-state index in [2.05, 4.69) is 15.4 Å². The first-order valence-corrected chi connectivity index (χ1v) is 6.41. The zero-order valence-corrected chi connectivity index (χ0v) is 12.3. The Bertz CT molecular complexity index is 547. The Morgan fingerprint density at radius 2 is 1.76 bits per heavy atom. The van der Waals surface area contributed by atoms with Gasteiger partial charge in [-0.25, -0.2) is 13.6 Å². The van der Waals surface area contributed by atoms with Crippen molar-refractivity contribution in [2.24, 2.45) is 0 Å². The molecule has 0 radical (unpaired) electrons. The summed E-state index contributed by atoms with van der Waals surface area (Å²) in [4.78, 5) is 22.9. The van der Waals surface area contributed by atoms with Crippen LogP contribution in [-0.4, -0.2) is 31.1 Å². The predicted molar refractivity (Wildman–Crippen MR) is 74.1 cm³/mol. The Morgan fingerprint density at radius 1 is 1.14 bits per heavy atom. The van der Waals surface area contributed by atoms with E-state index in [-0.39, 0.29) is 17.6 Å². The molecule has 0 fully saturated rings. The molecule has 116 valence electrons. The average Bonchev–Trinajstić information content (AvgIpc) is 2.42. The van der Waals surface area contributed by atoms with E-state index in [9.17, 15) is 18.4 Å². The van der Waals surface area contributed by atoms with Gasteiger partial charge in [0.25, 0.3) is 0 Å². The zero-order chi connectivity index (χ0) is 16.2. The van der Waals surface area contributed by atoms with Gasteiger partial charge in [-0.2, -0.15) is 0 Å². The van der Waals surface area contributed by atoms with Crippen molar-refractivity contribution in [1.29, 1.82) is 0 Å². The van der Waals surface area contributed by atoms with Gasteiger partial charge in [-0.1, -0.05) is 0 Å². The van der Waals surface area contributed by atoms with E-state index in [1.165, 1.54) is 13.0 Å². The molecular formula is C14H18F2N2O3. The van der Waals surface area contributed by atoms with Crippen LogP contribution in [0.1, 0.15) is 31.1 Å². The summed E-state index contributed by atoms with van der Waals surface area (Å²) >= 11 is 0. The van der Waals surface area contributed by atoms with Crippen LogP contribution in [0.2, 0.25) is 0 Å². The first kappa shape index (κ1) is 16.9. The summed E-state index contributed by atoms with van der Waals surface area (Å²) in [5.74, 6) is -3.86. The summed E-state index contributed by atoms with van der Waals surface area (Å²) in [7, 11) is 1.07. The molecule has 0 spiro atoms. The Balaban J connectivity index is 2.93. The molecule has 1 aromatic rings. The van der Waals surface area contributed by atoms with Gasteiger partial charge in [-0.05, 0) is 32.9 Å². The maximum Gasteiger partial charge on any atom is 0.340 e. The van der Waals surface area contributed by atoms with Crippen molar-refractivity contribution in [3.8, 4) is 0 Å². The van der Waals surface area contributed by atoms with Crippen LogP contribution in [0.4, 0.5) is 14.5 Å². The van der Waals surface area contributed by atoms with Crippen molar-refractivity contribution in [3.63, 3.8) is 0 Å². The topological polar surface area (TPSA) is 67.4 Å². The summed E-state index contributed by atoms with van der Waals surface area (Å²) < 4.78 is 32.0. The highest BCUT2D eigenvalue weighted by Crippen LogP contribution is 2.22. The number of halogens is 2. The van der Waals surface area contributed by atoms with Crippen molar-refractivity contribution in [3.05, 3.63) is 29.3 Å². The van der Waals surface area contributed by atoms with E-state index in [0.29, 0.717) is 0 Å². The number of ether oxygens (including phenoxy) is 1. The Labute approximate surface area is 121 Å². The highest BCUT2D eigenvalue weighted by molar-refractivity contribution is 5.90. The molecule has 0 aliphatic rings. The van der Waals surface area contributed by atoms with Crippen LogP contribution in [0.3, 0.4) is 0 Å². The summed E-state index contributed by atoms with van der Waals surface area (Å²) in [5, 5.41) is 5.20. The lowest BCUT2D eigenvalue weighted by Crippen LogP contribution is -2.41. The minimum atomic E-state index is -1.32. The van der Waals surface area contributed by atoms with Crippen LogP contribution in [0.25, 0.3) is 0 Å². The number of hydrogen-bond donors (Lipinski definition) is 2. The lowest BCUT2D eigenvalue weighted by molar-refractivity contribution is -0.122. The number of esters is 1. The maximum atomic E-state index is 13.9. The minimum absolute atomic E-state index is 0.0648. The molecule has 7 heteroatoms. The molecular weight excluding hydrogens is 282 g/mol. The Hall–Kier alpha value is -2.18. The standard InChI is InChI=1S/C14H18F2N2O3/c1-7(2)17-13(19)8(3)18-10-6-5-9(14(20)21-4)11(15)12(10)16/h5-8,18H,1-4H3,(H,17,19). The highest BCUT2D eigenvalue weighted by atomic mass is 19.2. The fourth-order valence-electron chi connectivity index (χ4n) is 1.64. The second kappa shape index (κ2) is 7.01. The molecule has 1 amide bonds. The van der Waals surface area contributed by atoms with E-state index in [1.807, 2.05) is 0 Å². The third kappa shape index (κ3) is 4.14. The van der Waals surface area contributed by atoms with Gasteiger partial charge in [0.05, 0.1) is 18.4 Å². The number of methoxy groups -OCH3 is 1. The molecule has 2 N–H and O–H groups in total. The average molecular weight is 300 g/mol. The van der Waals surface area contributed by atoms with Gasteiger partial charge < -0.3 is 15.4 Å². The molecule has 0 bridgehead atoms.